The van der Waals surface area contributed by atoms with Crippen LogP contribution in [0.25, 0.3) is 0 Å². The Labute approximate surface area is 137 Å². The minimum Gasteiger partial charge on any atom is -0.379 e. The van der Waals surface area contributed by atoms with Crippen LogP contribution in [0.1, 0.15) is 18.4 Å². The summed E-state index contributed by atoms with van der Waals surface area (Å²) in [6, 6.07) is 8.26. The Morgan fingerprint density at radius 2 is 2.09 bits per heavy atom. The number of anilines is 1. The normalized spacial score (nSPS) is 29.8. The van der Waals surface area contributed by atoms with Crippen LogP contribution in [-0.4, -0.2) is 37.1 Å². The molecule has 23 heavy (non-hydrogen) atoms. The summed E-state index contributed by atoms with van der Waals surface area (Å²) < 4.78 is 5.39. The van der Waals surface area contributed by atoms with Crippen molar-refractivity contribution in [1.82, 2.24) is 4.90 Å². The molecule has 1 aromatic rings. The Morgan fingerprint density at radius 3 is 2.83 bits per heavy atom. The molecule has 1 saturated heterocycles. The van der Waals surface area contributed by atoms with Gasteiger partial charge in [-0.3, -0.25) is 9.69 Å². The standard InChI is InChI=1S/C19H24N2O2/c22-19(18-12-14-4-5-16(18)10-14)20-17-3-1-2-15(11-17)13-21-6-8-23-9-7-21/h1-5,11,14,16,18H,6-10,12-13H2,(H,20,22)/t14-,16-,18+/m0/s1. The number of hydrogen-bond acceptors (Lipinski definition) is 3. The van der Waals surface area contributed by atoms with E-state index in [2.05, 4.69) is 34.5 Å². The van der Waals surface area contributed by atoms with E-state index in [0.717, 1.165) is 51.4 Å². The SMILES string of the molecule is O=C(Nc1cccc(CN2CCOCC2)c1)[C@@H]1C[C@H]2C=C[C@H]1C2. The fourth-order valence-corrected chi connectivity index (χ4v) is 4.08. The number of nitrogens with zero attached hydrogens (tertiary/aromatic N) is 1. The van der Waals surface area contributed by atoms with Crippen molar-refractivity contribution >= 4 is 11.6 Å². The molecule has 0 aromatic heterocycles. The van der Waals surface area contributed by atoms with Gasteiger partial charge in [0.1, 0.15) is 0 Å². The number of hydrogen-bond donors (Lipinski definition) is 1. The fourth-order valence-electron chi connectivity index (χ4n) is 4.08. The molecule has 1 saturated carbocycles. The lowest BCUT2D eigenvalue weighted by Gasteiger charge is -2.26. The number of nitrogens with one attached hydrogen (secondary N) is 1. The van der Waals surface area contributed by atoms with E-state index in [0.29, 0.717) is 11.8 Å². The second-order valence-electron chi connectivity index (χ2n) is 6.96. The summed E-state index contributed by atoms with van der Waals surface area (Å²) in [6.45, 7) is 4.51. The lowest BCUT2D eigenvalue weighted by Crippen LogP contribution is -2.35. The van der Waals surface area contributed by atoms with Crippen molar-refractivity contribution in [3.63, 3.8) is 0 Å². The number of benzene rings is 1. The Morgan fingerprint density at radius 1 is 1.22 bits per heavy atom. The summed E-state index contributed by atoms with van der Waals surface area (Å²) in [5, 5.41) is 3.13. The lowest BCUT2D eigenvalue weighted by molar-refractivity contribution is -0.120. The average Bonchev–Trinajstić information content (AvgIpc) is 3.19. The zero-order chi connectivity index (χ0) is 15.6. The molecule has 4 rings (SSSR count). The van der Waals surface area contributed by atoms with Crippen LogP contribution in [-0.2, 0) is 16.1 Å². The maximum atomic E-state index is 12.5. The monoisotopic (exact) mass is 312 g/mol. The van der Waals surface area contributed by atoms with Crippen molar-refractivity contribution in [2.45, 2.75) is 19.4 Å². The predicted octanol–water partition coefficient (Wildman–Crippen LogP) is 2.67. The van der Waals surface area contributed by atoms with Gasteiger partial charge in [-0.2, -0.15) is 0 Å². The highest BCUT2D eigenvalue weighted by atomic mass is 16.5. The molecular weight excluding hydrogens is 288 g/mol. The van der Waals surface area contributed by atoms with Gasteiger partial charge in [-0.1, -0.05) is 24.3 Å². The molecule has 3 aliphatic rings. The minimum atomic E-state index is 0.160. The lowest BCUT2D eigenvalue weighted by atomic mass is 9.93. The van der Waals surface area contributed by atoms with Crippen molar-refractivity contribution in [3.8, 4) is 0 Å². The molecule has 0 unspecified atom stereocenters. The van der Waals surface area contributed by atoms with E-state index in [1.54, 1.807) is 0 Å². The van der Waals surface area contributed by atoms with Crippen LogP contribution >= 0.6 is 0 Å². The van der Waals surface area contributed by atoms with E-state index in [-0.39, 0.29) is 11.8 Å². The fraction of sp³-hybridized carbons (Fsp3) is 0.526. The number of morpholine rings is 1. The summed E-state index contributed by atoms with van der Waals surface area (Å²) in [4.78, 5) is 14.9. The Bertz CT molecular complexity index is 607. The third-order valence-electron chi connectivity index (χ3n) is 5.32. The summed E-state index contributed by atoms with van der Waals surface area (Å²) in [5.74, 6) is 1.43. The quantitative estimate of drug-likeness (QED) is 0.869. The Balaban J connectivity index is 1.38. The van der Waals surface area contributed by atoms with Gasteiger partial charge in [-0.05, 0) is 42.4 Å². The van der Waals surface area contributed by atoms with Crippen molar-refractivity contribution in [2.24, 2.45) is 17.8 Å². The first-order valence-electron chi connectivity index (χ1n) is 8.66. The topological polar surface area (TPSA) is 41.6 Å². The van der Waals surface area contributed by atoms with Crippen LogP contribution < -0.4 is 5.32 Å². The molecule has 1 aliphatic heterocycles. The number of rotatable bonds is 4. The van der Waals surface area contributed by atoms with Crippen LogP contribution in [0.5, 0.6) is 0 Å². The maximum Gasteiger partial charge on any atom is 0.228 e. The van der Waals surface area contributed by atoms with Crippen LogP contribution in [0.4, 0.5) is 5.69 Å². The van der Waals surface area contributed by atoms with E-state index in [9.17, 15) is 4.79 Å². The zero-order valence-corrected chi connectivity index (χ0v) is 13.4. The largest absolute Gasteiger partial charge is 0.379 e. The van der Waals surface area contributed by atoms with Crippen molar-refractivity contribution in [3.05, 3.63) is 42.0 Å². The second kappa shape index (κ2) is 6.46. The minimum absolute atomic E-state index is 0.160. The molecule has 3 atom stereocenters. The van der Waals surface area contributed by atoms with Crippen molar-refractivity contribution < 1.29 is 9.53 Å². The summed E-state index contributed by atoms with van der Waals surface area (Å²) in [6.07, 6.45) is 6.68. The Kier molecular flexibility index (Phi) is 4.19. The molecule has 122 valence electrons. The number of carbonyl (C=O) groups excluding carboxylic acids is 1. The number of allylic oxidation sites excluding steroid dienone is 2. The smallest absolute Gasteiger partial charge is 0.228 e. The highest BCUT2D eigenvalue weighted by Gasteiger charge is 2.39. The van der Waals surface area contributed by atoms with E-state index >= 15 is 0 Å². The third-order valence-corrected chi connectivity index (χ3v) is 5.32. The van der Waals surface area contributed by atoms with Gasteiger partial charge in [0.2, 0.25) is 5.91 Å². The molecule has 1 aromatic carbocycles. The maximum absolute atomic E-state index is 12.5. The molecule has 1 amide bonds. The van der Waals surface area contributed by atoms with Gasteiger partial charge >= 0.3 is 0 Å². The second-order valence-corrected chi connectivity index (χ2v) is 6.96. The van der Waals surface area contributed by atoms with E-state index in [1.165, 1.54) is 5.56 Å². The van der Waals surface area contributed by atoms with Gasteiger partial charge in [0.15, 0.2) is 0 Å². The summed E-state index contributed by atoms with van der Waals surface area (Å²) in [7, 11) is 0. The van der Waals surface area contributed by atoms with E-state index in [4.69, 9.17) is 4.74 Å². The summed E-state index contributed by atoms with van der Waals surface area (Å²) >= 11 is 0. The molecule has 1 N–H and O–H groups in total. The molecule has 0 spiro atoms. The number of carbonyl (C=O) groups is 1. The van der Waals surface area contributed by atoms with Gasteiger partial charge in [-0.15, -0.1) is 0 Å². The van der Waals surface area contributed by atoms with Gasteiger partial charge in [0.05, 0.1) is 13.2 Å². The number of ether oxygens (including phenoxy) is 1. The first kappa shape index (κ1) is 14.9. The molecular formula is C19H24N2O2. The van der Waals surface area contributed by atoms with Crippen LogP contribution in [0, 0.1) is 17.8 Å². The Hall–Kier alpha value is -1.65. The van der Waals surface area contributed by atoms with Gasteiger partial charge in [0, 0.05) is 31.2 Å². The van der Waals surface area contributed by atoms with Gasteiger partial charge in [-0.25, -0.2) is 0 Å². The van der Waals surface area contributed by atoms with E-state index in [1.807, 2.05) is 12.1 Å². The first-order chi connectivity index (χ1) is 11.3. The van der Waals surface area contributed by atoms with Crippen LogP contribution in [0.15, 0.2) is 36.4 Å². The molecule has 4 nitrogen and oxygen atoms in total. The molecule has 4 heteroatoms. The highest BCUT2D eigenvalue weighted by Crippen LogP contribution is 2.43. The molecule has 0 radical (unpaired) electrons. The van der Waals surface area contributed by atoms with Gasteiger partial charge in [0.25, 0.3) is 0 Å². The summed E-state index contributed by atoms with van der Waals surface area (Å²) in [5.41, 5.74) is 2.17. The number of amides is 1. The average molecular weight is 312 g/mol. The third kappa shape index (κ3) is 3.33. The highest BCUT2D eigenvalue weighted by molar-refractivity contribution is 5.93. The molecule has 2 bridgehead atoms. The molecule has 2 aliphatic carbocycles. The van der Waals surface area contributed by atoms with Crippen molar-refractivity contribution in [1.29, 1.82) is 0 Å². The molecule has 2 fully saturated rings. The molecule has 1 heterocycles. The van der Waals surface area contributed by atoms with Crippen LogP contribution in [0.2, 0.25) is 0 Å². The predicted molar refractivity (Wildman–Crippen MR) is 90.0 cm³/mol. The van der Waals surface area contributed by atoms with Crippen molar-refractivity contribution in [2.75, 3.05) is 31.6 Å². The first-order valence-corrected chi connectivity index (χ1v) is 8.66. The number of fused-ring (bicyclic) bond motifs is 2. The van der Waals surface area contributed by atoms with Crippen LogP contribution in [0.3, 0.4) is 0 Å². The van der Waals surface area contributed by atoms with Gasteiger partial charge < -0.3 is 10.1 Å². The zero-order valence-electron chi connectivity index (χ0n) is 13.4. The van der Waals surface area contributed by atoms with E-state index < -0.39 is 0 Å².